The number of benzene rings is 1. The van der Waals surface area contributed by atoms with Crippen molar-refractivity contribution >= 4 is 11.6 Å². The van der Waals surface area contributed by atoms with Gasteiger partial charge in [0.15, 0.2) is 0 Å². The maximum Gasteiger partial charge on any atom is 0.328 e. The Balaban J connectivity index is 1.66. The van der Waals surface area contributed by atoms with Crippen LogP contribution in [0.1, 0.15) is 24.4 Å². The van der Waals surface area contributed by atoms with Gasteiger partial charge in [-0.15, -0.1) is 0 Å². The average Bonchev–Trinajstić information content (AvgIpc) is 3.26. The van der Waals surface area contributed by atoms with Crippen molar-refractivity contribution < 1.29 is 4.79 Å². The van der Waals surface area contributed by atoms with Crippen LogP contribution in [0.3, 0.4) is 0 Å². The number of carbonyl (C=O) groups excluding carboxylic acids is 1. The number of nitrogens with zero attached hydrogens (tertiary/aromatic N) is 3. The number of nitriles is 1. The highest BCUT2D eigenvalue weighted by molar-refractivity contribution is 5.90. The van der Waals surface area contributed by atoms with Crippen LogP contribution < -0.4 is 11.0 Å². The van der Waals surface area contributed by atoms with Crippen LogP contribution in [0.2, 0.25) is 0 Å². The van der Waals surface area contributed by atoms with Gasteiger partial charge in [-0.2, -0.15) is 5.26 Å². The molecule has 1 aliphatic rings. The van der Waals surface area contributed by atoms with Gasteiger partial charge in [-0.25, -0.2) is 4.79 Å². The highest BCUT2D eigenvalue weighted by Gasteiger charge is 2.25. The lowest BCUT2D eigenvalue weighted by Gasteiger charge is -2.05. The molecule has 106 valence electrons. The van der Waals surface area contributed by atoms with Gasteiger partial charge in [0.1, 0.15) is 6.54 Å². The molecule has 6 heteroatoms. The fourth-order valence-electron chi connectivity index (χ4n) is 2.16. The first kappa shape index (κ1) is 13.2. The van der Waals surface area contributed by atoms with Crippen LogP contribution in [-0.2, 0) is 11.3 Å². The number of amides is 1. The molecule has 1 aromatic heterocycles. The molecule has 1 aromatic carbocycles. The minimum atomic E-state index is -0.268. The smallest absolute Gasteiger partial charge is 0.325 e. The second-order valence-corrected chi connectivity index (χ2v) is 5.08. The summed E-state index contributed by atoms with van der Waals surface area (Å²) in [6, 6.07) is 8.90. The maximum absolute atomic E-state index is 12.0. The van der Waals surface area contributed by atoms with Crippen LogP contribution in [0, 0.1) is 11.3 Å². The molecule has 0 saturated heterocycles. The molecule has 0 spiro atoms. The molecule has 21 heavy (non-hydrogen) atoms. The molecule has 0 aliphatic heterocycles. The summed E-state index contributed by atoms with van der Waals surface area (Å²) in [5, 5.41) is 11.4. The maximum atomic E-state index is 12.0. The first-order chi connectivity index (χ1) is 10.2. The van der Waals surface area contributed by atoms with Crippen molar-refractivity contribution in [2.75, 3.05) is 5.32 Å². The van der Waals surface area contributed by atoms with E-state index in [2.05, 4.69) is 5.32 Å². The highest BCUT2D eigenvalue weighted by Crippen LogP contribution is 2.33. The minimum Gasteiger partial charge on any atom is -0.325 e. The molecule has 1 heterocycles. The van der Waals surface area contributed by atoms with E-state index in [4.69, 9.17) is 5.26 Å². The molecule has 0 bridgehead atoms. The Kier molecular flexibility index (Phi) is 3.32. The molecule has 1 saturated carbocycles. The van der Waals surface area contributed by atoms with E-state index in [1.54, 1.807) is 41.2 Å². The van der Waals surface area contributed by atoms with Gasteiger partial charge in [0.25, 0.3) is 0 Å². The summed E-state index contributed by atoms with van der Waals surface area (Å²) >= 11 is 0. The van der Waals surface area contributed by atoms with Gasteiger partial charge >= 0.3 is 5.69 Å². The summed E-state index contributed by atoms with van der Waals surface area (Å²) in [7, 11) is 0. The van der Waals surface area contributed by atoms with E-state index >= 15 is 0 Å². The Morgan fingerprint density at radius 2 is 2.00 bits per heavy atom. The predicted molar refractivity (Wildman–Crippen MR) is 76.7 cm³/mol. The van der Waals surface area contributed by atoms with Gasteiger partial charge < -0.3 is 5.32 Å². The van der Waals surface area contributed by atoms with Crippen LogP contribution >= 0.6 is 0 Å². The number of rotatable bonds is 4. The second-order valence-electron chi connectivity index (χ2n) is 5.08. The normalized spacial score (nSPS) is 13.7. The van der Waals surface area contributed by atoms with E-state index < -0.39 is 0 Å². The predicted octanol–water partition coefficient (Wildman–Crippen LogP) is 1.50. The molecule has 1 amide bonds. The Morgan fingerprint density at radius 1 is 1.29 bits per heavy atom. The largest absolute Gasteiger partial charge is 0.328 e. The summed E-state index contributed by atoms with van der Waals surface area (Å²) < 4.78 is 3.08. The van der Waals surface area contributed by atoms with Crippen molar-refractivity contribution in [3.05, 3.63) is 52.7 Å². The van der Waals surface area contributed by atoms with Gasteiger partial charge in [0, 0.05) is 24.1 Å². The van der Waals surface area contributed by atoms with Gasteiger partial charge in [0.05, 0.1) is 11.6 Å². The van der Waals surface area contributed by atoms with Crippen molar-refractivity contribution in [1.29, 1.82) is 5.26 Å². The molecule has 1 fully saturated rings. The van der Waals surface area contributed by atoms with E-state index in [1.165, 1.54) is 4.57 Å². The Morgan fingerprint density at radius 3 is 2.62 bits per heavy atom. The van der Waals surface area contributed by atoms with E-state index in [0.29, 0.717) is 17.3 Å². The van der Waals surface area contributed by atoms with E-state index in [0.717, 1.165) is 12.8 Å². The third-order valence-electron chi connectivity index (χ3n) is 3.43. The number of hydrogen-bond acceptors (Lipinski definition) is 3. The molecule has 0 radical (unpaired) electrons. The topological polar surface area (TPSA) is 79.8 Å². The van der Waals surface area contributed by atoms with Crippen LogP contribution in [0.15, 0.2) is 41.5 Å². The second kappa shape index (κ2) is 5.29. The highest BCUT2D eigenvalue weighted by atomic mass is 16.2. The van der Waals surface area contributed by atoms with Crippen molar-refractivity contribution in [3.8, 4) is 6.07 Å². The number of carbonyl (C=O) groups is 1. The number of hydrogen-bond donors (Lipinski definition) is 1. The monoisotopic (exact) mass is 282 g/mol. The number of anilines is 1. The van der Waals surface area contributed by atoms with Gasteiger partial charge in [-0.1, -0.05) is 0 Å². The zero-order chi connectivity index (χ0) is 14.8. The lowest BCUT2D eigenvalue weighted by molar-refractivity contribution is -0.116. The van der Waals surface area contributed by atoms with Crippen molar-refractivity contribution in [3.63, 3.8) is 0 Å². The summed E-state index contributed by atoms with van der Waals surface area (Å²) in [5.74, 6) is -0.268. The fourth-order valence-corrected chi connectivity index (χ4v) is 2.16. The summed E-state index contributed by atoms with van der Waals surface area (Å²) in [6.07, 6.45) is 5.43. The molecule has 0 unspecified atom stereocenters. The van der Waals surface area contributed by atoms with Gasteiger partial charge in [0.2, 0.25) is 5.91 Å². The summed E-state index contributed by atoms with van der Waals surface area (Å²) in [5.41, 5.74) is 0.992. The van der Waals surface area contributed by atoms with Crippen LogP contribution in [-0.4, -0.2) is 15.0 Å². The average molecular weight is 282 g/mol. The van der Waals surface area contributed by atoms with Gasteiger partial charge in [-0.3, -0.25) is 13.9 Å². The Hall–Kier alpha value is -2.81. The third kappa shape index (κ3) is 2.87. The Labute approximate surface area is 121 Å². The minimum absolute atomic E-state index is 0.0153. The summed E-state index contributed by atoms with van der Waals surface area (Å²) in [6.45, 7) is -0.0153. The molecule has 1 N–H and O–H groups in total. The van der Waals surface area contributed by atoms with Gasteiger partial charge in [-0.05, 0) is 37.1 Å². The van der Waals surface area contributed by atoms with Crippen LogP contribution in [0.5, 0.6) is 0 Å². The molecule has 0 atom stereocenters. The first-order valence-corrected chi connectivity index (χ1v) is 6.74. The molecule has 6 nitrogen and oxygen atoms in total. The number of nitrogens with one attached hydrogen (secondary N) is 1. The van der Waals surface area contributed by atoms with Crippen molar-refractivity contribution in [2.45, 2.75) is 25.4 Å². The summed E-state index contributed by atoms with van der Waals surface area (Å²) in [4.78, 5) is 24.0. The third-order valence-corrected chi connectivity index (χ3v) is 3.43. The van der Waals surface area contributed by atoms with Crippen molar-refractivity contribution in [2.24, 2.45) is 0 Å². The molecular weight excluding hydrogens is 268 g/mol. The van der Waals surface area contributed by atoms with E-state index in [9.17, 15) is 9.59 Å². The Bertz CT molecular complexity index is 760. The van der Waals surface area contributed by atoms with Crippen LogP contribution in [0.4, 0.5) is 5.69 Å². The molecular formula is C15H14N4O2. The quantitative estimate of drug-likeness (QED) is 0.922. The SMILES string of the molecule is N#Cc1ccc(NC(=O)Cn2ccn(C3CC3)c2=O)cc1. The van der Waals surface area contributed by atoms with Crippen LogP contribution in [0.25, 0.3) is 0 Å². The lowest BCUT2D eigenvalue weighted by atomic mass is 10.2. The number of aromatic nitrogens is 2. The molecule has 3 rings (SSSR count). The standard InChI is InChI=1S/C15H14N4O2/c16-9-11-1-3-12(4-2-11)17-14(20)10-18-7-8-19(15(18)21)13-5-6-13/h1-4,7-8,13H,5-6,10H2,(H,17,20). The molecule has 1 aliphatic carbocycles. The zero-order valence-corrected chi connectivity index (χ0v) is 11.3. The van der Waals surface area contributed by atoms with E-state index in [-0.39, 0.29) is 18.1 Å². The fraction of sp³-hybridized carbons (Fsp3) is 0.267. The number of imidazole rings is 1. The first-order valence-electron chi connectivity index (χ1n) is 6.74. The van der Waals surface area contributed by atoms with Crippen molar-refractivity contribution in [1.82, 2.24) is 9.13 Å². The van der Waals surface area contributed by atoms with E-state index in [1.807, 2.05) is 6.07 Å². The zero-order valence-electron chi connectivity index (χ0n) is 11.3. The lowest BCUT2D eigenvalue weighted by Crippen LogP contribution is -2.28. The molecule has 2 aromatic rings.